The van der Waals surface area contributed by atoms with Gasteiger partial charge in [0.2, 0.25) is 5.95 Å². The fraction of sp³-hybridized carbons (Fsp3) is 0.500. The molecule has 1 amide bonds. The summed E-state index contributed by atoms with van der Waals surface area (Å²) >= 11 is 0. The lowest BCUT2D eigenvalue weighted by Gasteiger charge is -2.45. The first-order chi connectivity index (χ1) is 17.4. The Morgan fingerprint density at radius 1 is 1.22 bits per heavy atom. The van der Waals surface area contributed by atoms with Crippen LogP contribution in [0.25, 0.3) is 0 Å². The van der Waals surface area contributed by atoms with E-state index in [-0.39, 0.29) is 23.8 Å². The number of carbonyl (C=O) groups excluding carboxylic acids is 1. The highest BCUT2D eigenvalue weighted by atomic mass is 16.5. The maximum absolute atomic E-state index is 12.5. The van der Waals surface area contributed by atoms with Gasteiger partial charge in [-0.1, -0.05) is 19.8 Å². The first-order valence-electron chi connectivity index (χ1n) is 12.8. The molecule has 0 spiro atoms. The average Bonchev–Trinajstić information content (AvgIpc) is 3.52. The SMILES string of the molecule is CCC1C(=N)N(C(C)=N)c2cnc(Nc3ccc(C(=O)NC4CC4)cc3OC)nc2N1C1CCCC1. The predicted molar refractivity (Wildman–Crippen MR) is 141 cm³/mol. The molecule has 1 aliphatic heterocycles. The Labute approximate surface area is 211 Å². The number of carbonyl (C=O) groups is 1. The smallest absolute Gasteiger partial charge is 0.251 e. The second kappa shape index (κ2) is 9.75. The molecule has 5 rings (SSSR count). The van der Waals surface area contributed by atoms with E-state index >= 15 is 0 Å². The van der Waals surface area contributed by atoms with Crippen molar-refractivity contribution in [3.63, 3.8) is 0 Å². The van der Waals surface area contributed by atoms with Crippen molar-refractivity contribution in [2.45, 2.75) is 76.9 Å². The van der Waals surface area contributed by atoms with Crippen molar-refractivity contribution < 1.29 is 9.53 Å². The van der Waals surface area contributed by atoms with E-state index < -0.39 is 0 Å². The van der Waals surface area contributed by atoms with Crippen LogP contribution in [0, 0.1) is 10.8 Å². The summed E-state index contributed by atoms with van der Waals surface area (Å²) in [5.41, 5.74) is 1.86. The first-order valence-corrected chi connectivity index (χ1v) is 12.8. The Hall–Kier alpha value is -3.69. The number of amides is 1. The minimum atomic E-state index is -0.151. The van der Waals surface area contributed by atoms with E-state index in [4.69, 9.17) is 20.5 Å². The molecule has 2 fully saturated rings. The highest BCUT2D eigenvalue weighted by molar-refractivity contribution is 6.22. The number of nitrogens with one attached hydrogen (secondary N) is 4. The van der Waals surface area contributed by atoms with E-state index in [0.29, 0.717) is 40.5 Å². The van der Waals surface area contributed by atoms with Crippen molar-refractivity contribution in [2.24, 2.45) is 0 Å². The van der Waals surface area contributed by atoms with E-state index in [1.807, 2.05) is 0 Å². The molecule has 1 atom stereocenters. The molecule has 0 radical (unpaired) electrons. The summed E-state index contributed by atoms with van der Waals surface area (Å²) in [4.78, 5) is 25.8. The molecule has 1 aromatic heterocycles. The number of benzene rings is 1. The molecule has 36 heavy (non-hydrogen) atoms. The van der Waals surface area contributed by atoms with Crippen LogP contribution in [0.2, 0.25) is 0 Å². The zero-order valence-electron chi connectivity index (χ0n) is 21.1. The van der Waals surface area contributed by atoms with Crippen LogP contribution in [-0.4, -0.2) is 52.8 Å². The highest BCUT2D eigenvalue weighted by Gasteiger charge is 2.41. The highest BCUT2D eigenvalue weighted by Crippen LogP contribution is 2.41. The third-order valence-corrected chi connectivity index (χ3v) is 7.19. The van der Waals surface area contributed by atoms with E-state index in [1.54, 1.807) is 43.3 Å². The number of anilines is 4. The minimum absolute atomic E-state index is 0.102. The minimum Gasteiger partial charge on any atom is -0.495 e. The van der Waals surface area contributed by atoms with Gasteiger partial charge in [-0.05, 0) is 57.2 Å². The van der Waals surface area contributed by atoms with Crippen LogP contribution in [0.1, 0.15) is 69.2 Å². The quantitative estimate of drug-likeness (QED) is 0.333. The molecule has 1 aromatic carbocycles. The standard InChI is InChI=1S/C26H34N8O2/c1-4-20-23(28)33(15(2)27)21-14-29-26(32-24(21)34(20)18-7-5-6-8-18)31-19-12-9-16(13-22(19)36-3)25(35)30-17-10-11-17/h9,12-14,17-18,20,27-28H,4-8,10-11H2,1-3H3,(H,30,35)(H,29,31,32). The molecule has 3 aliphatic rings. The van der Waals surface area contributed by atoms with Gasteiger partial charge in [0, 0.05) is 17.6 Å². The van der Waals surface area contributed by atoms with Gasteiger partial charge in [0.25, 0.3) is 5.91 Å². The molecular weight excluding hydrogens is 456 g/mol. The number of ether oxygens (including phenoxy) is 1. The molecule has 10 nitrogen and oxygen atoms in total. The number of amidine groups is 2. The lowest BCUT2D eigenvalue weighted by atomic mass is 10.0. The monoisotopic (exact) mass is 490 g/mol. The number of hydrogen-bond acceptors (Lipinski definition) is 8. The van der Waals surface area contributed by atoms with Gasteiger partial charge in [0.15, 0.2) is 5.82 Å². The Bertz CT molecular complexity index is 1190. The Morgan fingerprint density at radius 3 is 2.61 bits per heavy atom. The Balaban J connectivity index is 1.49. The molecule has 0 bridgehead atoms. The summed E-state index contributed by atoms with van der Waals surface area (Å²) in [6, 6.07) is 5.73. The van der Waals surface area contributed by atoms with Crippen molar-refractivity contribution in [3.05, 3.63) is 30.0 Å². The van der Waals surface area contributed by atoms with E-state index in [0.717, 1.165) is 37.9 Å². The zero-order chi connectivity index (χ0) is 25.4. The van der Waals surface area contributed by atoms with Crippen LogP contribution in [0.15, 0.2) is 24.4 Å². The van der Waals surface area contributed by atoms with Crippen molar-refractivity contribution in [2.75, 3.05) is 22.2 Å². The second-order valence-electron chi connectivity index (χ2n) is 9.77. The maximum Gasteiger partial charge on any atom is 0.251 e. The Kier molecular flexibility index (Phi) is 6.51. The van der Waals surface area contributed by atoms with E-state index in [2.05, 4.69) is 27.4 Å². The van der Waals surface area contributed by atoms with Crippen molar-refractivity contribution in [1.82, 2.24) is 15.3 Å². The average molecular weight is 491 g/mol. The van der Waals surface area contributed by atoms with Gasteiger partial charge >= 0.3 is 0 Å². The summed E-state index contributed by atoms with van der Waals surface area (Å²) in [5, 5.41) is 23.5. The maximum atomic E-state index is 12.5. The van der Waals surface area contributed by atoms with Crippen LogP contribution in [0.5, 0.6) is 5.75 Å². The van der Waals surface area contributed by atoms with Gasteiger partial charge < -0.3 is 20.3 Å². The van der Waals surface area contributed by atoms with Crippen LogP contribution in [0.4, 0.5) is 23.1 Å². The van der Waals surface area contributed by atoms with Gasteiger partial charge in [-0.25, -0.2) is 4.98 Å². The molecule has 2 saturated carbocycles. The van der Waals surface area contributed by atoms with Crippen LogP contribution < -0.4 is 25.2 Å². The summed E-state index contributed by atoms with van der Waals surface area (Å²) in [6.45, 7) is 3.77. The van der Waals surface area contributed by atoms with Gasteiger partial charge in [-0.15, -0.1) is 0 Å². The third-order valence-electron chi connectivity index (χ3n) is 7.19. The number of aromatic nitrogens is 2. The summed E-state index contributed by atoms with van der Waals surface area (Å²) < 4.78 is 5.57. The lowest BCUT2D eigenvalue weighted by Crippen LogP contribution is -2.57. The molecule has 1 unspecified atom stereocenters. The molecule has 190 valence electrons. The van der Waals surface area contributed by atoms with Crippen molar-refractivity contribution >= 4 is 40.7 Å². The third kappa shape index (κ3) is 4.47. The summed E-state index contributed by atoms with van der Waals surface area (Å²) in [5.74, 6) is 2.24. The zero-order valence-corrected chi connectivity index (χ0v) is 21.1. The molecule has 10 heteroatoms. The molecule has 0 saturated heterocycles. The van der Waals surface area contributed by atoms with Crippen LogP contribution in [-0.2, 0) is 0 Å². The molecule has 2 heterocycles. The number of fused-ring (bicyclic) bond motifs is 1. The fourth-order valence-corrected chi connectivity index (χ4v) is 5.25. The lowest BCUT2D eigenvalue weighted by molar-refractivity contribution is 0.0950. The predicted octanol–water partition coefficient (Wildman–Crippen LogP) is 4.44. The molecular formula is C26H34N8O2. The topological polar surface area (TPSA) is 130 Å². The Morgan fingerprint density at radius 2 is 1.97 bits per heavy atom. The van der Waals surface area contributed by atoms with Crippen molar-refractivity contribution in [1.29, 1.82) is 10.8 Å². The second-order valence-corrected chi connectivity index (χ2v) is 9.77. The van der Waals surface area contributed by atoms with Crippen LogP contribution in [0.3, 0.4) is 0 Å². The molecule has 2 aliphatic carbocycles. The fourth-order valence-electron chi connectivity index (χ4n) is 5.25. The van der Waals surface area contributed by atoms with E-state index in [1.165, 1.54) is 12.8 Å². The van der Waals surface area contributed by atoms with E-state index in [9.17, 15) is 4.79 Å². The summed E-state index contributed by atoms with van der Waals surface area (Å²) in [6.07, 6.45) is 8.98. The first kappa shape index (κ1) is 24.0. The number of hydrogen-bond donors (Lipinski definition) is 4. The van der Waals surface area contributed by atoms with Gasteiger partial charge in [0.05, 0.1) is 25.0 Å². The van der Waals surface area contributed by atoms with Crippen molar-refractivity contribution in [3.8, 4) is 5.75 Å². The van der Waals surface area contributed by atoms with Gasteiger partial charge in [-0.2, -0.15) is 4.98 Å². The number of nitrogens with zero attached hydrogens (tertiary/aromatic N) is 4. The number of rotatable bonds is 7. The normalized spacial score (nSPS) is 19.8. The molecule has 2 aromatic rings. The number of methoxy groups -OCH3 is 1. The molecule has 4 N–H and O–H groups in total. The summed E-state index contributed by atoms with van der Waals surface area (Å²) in [7, 11) is 1.57. The van der Waals surface area contributed by atoms with Gasteiger partial charge in [-0.3, -0.25) is 20.5 Å². The van der Waals surface area contributed by atoms with Crippen LogP contribution >= 0.6 is 0 Å². The largest absolute Gasteiger partial charge is 0.495 e. The van der Waals surface area contributed by atoms with Gasteiger partial charge in [0.1, 0.15) is 23.1 Å².